The van der Waals surface area contributed by atoms with Crippen LogP contribution in [0.3, 0.4) is 0 Å². The monoisotopic (exact) mass is 360 g/mol. The Balaban J connectivity index is 1.96. The zero-order chi connectivity index (χ0) is 19.1. The molecule has 1 atom stereocenters. The van der Waals surface area contributed by atoms with Crippen molar-refractivity contribution >= 4 is 23.6 Å². The lowest BCUT2D eigenvalue weighted by atomic mass is 9.88. The standard InChI is InChI=1S/C23H20O4/c1-2-26-22(25)23(16-10-9-13-18-11-5-3-6-12-18)20(17-21(24)27-23)19-14-7-4-8-15-19/h3-17H,2H2,1H3/b13-9+,16-10+. The third-order valence-electron chi connectivity index (χ3n) is 4.12. The fourth-order valence-corrected chi connectivity index (χ4v) is 2.89. The van der Waals surface area contributed by atoms with Gasteiger partial charge in [0.05, 0.1) is 6.61 Å². The number of rotatable bonds is 6. The minimum atomic E-state index is -1.59. The second kappa shape index (κ2) is 8.32. The molecule has 0 amide bonds. The molecule has 0 saturated carbocycles. The van der Waals surface area contributed by atoms with Gasteiger partial charge in [-0.3, -0.25) is 0 Å². The first-order valence-electron chi connectivity index (χ1n) is 8.74. The van der Waals surface area contributed by atoms with Crippen LogP contribution in [-0.4, -0.2) is 24.1 Å². The number of hydrogen-bond acceptors (Lipinski definition) is 4. The maximum atomic E-state index is 12.7. The molecule has 136 valence electrons. The number of cyclic esters (lactones) is 1. The summed E-state index contributed by atoms with van der Waals surface area (Å²) in [5, 5.41) is 0. The van der Waals surface area contributed by atoms with Crippen molar-refractivity contribution in [3.05, 3.63) is 96.1 Å². The Hall–Kier alpha value is -3.40. The van der Waals surface area contributed by atoms with Crippen molar-refractivity contribution < 1.29 is 19.1 Å². The van der Waals surface area contributed by atoms with Crippen LogP contribution in [0.4, 0.5) is 0 Å². The summed E-state index contributed by atoms with van der Waals surface area (Å²) < 4.78 is 10.7. The smallest absolute Gasteiger partial charge is 0.359 e. The van der Waals surface area contributed by atoms with Crippen molar-refractivity contribution in [2.24, 2.45) is 0 Å². The van der Waals surface area contributed by atoms with Crippen LogP contribution in [0.1, 0.15) is 18.1 Å². The van der Waals surface area contributed by atoms with Gasteiger partial charge in [0.2, 0.25) is 0 Å². The quantitative estimate of drug-likeness (QED) is 0.572. The predicted molar refractivity (Wildman–Crippen MR) is 104 cm³/mol. The Bertz CT molecular complexity index is 894. The van der Waals surface area contributed by atoms with Gasteiger partial charge in [0.1, 0.15) is 0 Å². The minimum absolute atomic E-state index is 0.188. The van der Waals surface area contributed by atoms with E-state index in [1.54, 1.807) is 25.2 Å². The van der Waals surface area contributed by atoms with Crippen LogP contribution in [0.15, 0.2) is 85.0 Å². The SMILES string of the molecule is CCOC(=O)C1(/C=C/C=C/c2ccccc2)OC(=O)C=C1c1ccccc1. The molecule has 0 spiro atoms. The summed E-state index contributed by atoms with van der Waals surface area (Å²) >= 11 is 0. The van der Waals surface area contributed by atoms with Crippen molar-refractivity contribution in [1.29, 1.82) is 0 Å². The summed E-state index contributed by atoms with van der Waals surface area (Å²) in [6.07, 6.45) is 8.30. The Kier molecular flexibility index (Phi) is 5.67. The number of allylic oxidation sites excluding steroid dienone is 2. The first kappa shape index (κ1) is 18.4. The van der Waals surface area contributed by atoms with Gasteiger partial charge in [-0.05, 0) is 24.1 Å². The van der Waals surface area contributed by atoms with E-state index in [0.29, 0.717) is 5.57 Å². The number of ether oxygens (including phenoxy) is 2. The van der Waals surface area contributed by atoms with Gasteiger partial charge in [0.25, 0.3) is 5.60 Å². The molecular weight excluding hydrogens is 340 g/mol. The number of esters is 2. The molecular formula is C23H20O4. The molecule has 1 aliphatic rings. The average Bonchev–Trinajstić information content (AvgIpc) is 3.04. The third kappa shape index (κ3) is 4.06. The molecule has 4 nitrogen and oxygen atoms in total. The zero-order valence-corrected chi connectivity index (χ0v) is 15.0. The average molecular weight is 360 g/mol. The number of carbonyl (C=O) groups excluding carboxylic acids is 2. The molecule has 0 N–H and O–H groups in total. The van der Waals surface area contributed by atoms with Crippen LogP contribution >= 0.6 is 0 Å². The van der Waals surface area contributed by atoms with Gasteiger partial charge in [0.15, 0.2) is 0 Å². The lowest BCUT2D eigenvalue weighted by Crippen LogP contribution is -2.40. The highest BCUT2D eigenvalue weighted by Gasteiger charge is 2.49. The van der Waals surface area contributed by atoms with Crippen molar-refractivity contribution in [2.75, 3.05) is 6.61 Å². The van der Waals surface area contributed by atoms with Crippen LogP contribution in [0.25, 0.3) is 11.6 Å². The molecule has 4 heteroatoms. The highest BCUT2D eigenvalue weighted by molar-refractivity contribution is 6.10. The first-order chi connectivity index (χ1) is 13.2. The van der Waals surface area contributed by atoms with Gasteiger partial charge in [-0.1, -0.05) is 78.9 Å². The van der Waals surface area contributed by atoms with Crippen molar-refractivity contribution in [2.45, 2.75) is 12.5 Å². The van der Waals surface area contributed by atoms with Crippen LogP contribution in [0.5, 0.6) is 0 Å². The summed E-state index contributed by atoms with van der Waals surface area (Å²) in [7, 11) is 0. The van der Waals surface area contributed by atoms with Gasteiger partial charge in [-0.25, -0.2) is 9.59 Å². The van der Waals surface area contributed by atoms with Crippen LogP contribution in [-0.2, 0) is 19.1 Å². The van der Waals surface area contributed by atoms with E-state index in [0.717, 1.165) is 11.1 Å². The Labute approximate surface area is 158 Å². The van der Waals surface area contributed by atoms with Crippen molar-refractivity contribution in [3.63, 3.8) is 0 Å². The summed E-state index contributed by atoms with van der Waals surface area (Å²) in [5.74, 6) is -1.19. The molecule has 0 aliphatic carbocycles. The van der Waals surface area contributed by atoms with Gasteiger partial charge in [0, 0.05) is 11.6 Å². The topological polar surface area (TPSA) is 52.6 Å². The fourth-order valence-electron chi connectivity index (χ4n) is 2.89. The largest absolute Gasteiger partial charge is 0.463 e. The first-order valence-corrected chi connectivity index (χ1v) is 8.74. The minimum Gasteiger partial charge on any atom is -0.463 e. The highest BCUT2D eigenvalue weighted by atomic mass is 16.6. The van der Waals surface area contributed by atoms with E-state index in [-0.39, 0.29) is 6.61 Å². The summed E-state index contributed by atoms with van der Waals surface area (Å²) in [6, 6.07) is 19.0. The van der Waals surface area contributed by atoms with Crippen molar-refractivity contribution in [3.8, 4) is 0 Å². The van der Waals surface area contributed by atoms with Gasteiger partial charge in [-0.15, -0.1) is 0 Å². The zero-order valence-electron chi connectivity index (χ0n) is 15.0. The highest BCUT2D eigenvalue weighted by Crippen LogP contribution is 2.38. The second-order valence-corrected chi connectivity index (χ2v) is 5.93. The van der Waals surface area contributed by atoms with Gasteiger partial charge >= 0.3 is 11.9 Å². The Morgan fingerprint density at radius 1 is 1.04 bits per heavy atom. The van der Waals surface area contributed by atoms with E-state index >= 15 is 0 Å². The second-order valence-electron chi connectivity index (χ2n) is 5.93. The van der Waals surface area contributed by atoms with E-state index in [4.69, 9.17) is 9.47 Å². The predicted octanol–water partition coefficient (Wildman–Crippen LogP) is 4.20. The van der Waals surface area contributed by atoms with Gasteiger partial charge in [-0.2, -0.15) is 0 Å². The molecule has 1 unspecified atom stereocenters. The van der Waals surface area contributed by atoms with E-state index in [1.807, 2.05) is 66.7 Å². The summed E-state index contributed by atoms with van der Waals surface area (Å²) in [6.45, 7) is 1.90. The van der Waals surface area contributed by atoms with Crippen LogP contribution in [0.2, 0.25) is 0 Å². The van der Waals surface area contributed by atoms with E-state index in [9.17, 15) is 9.59 Å². The summed E-state index contributed by atoms with van der Waals surface area (Å²) in [5.41, 5.74) is 0.633. The molecule has 0 aromatic heterocycles. The molecule has 1 aliphatic heterocycles. The summed E-state index contributed by atoms with van der Waals surface area (Å²) in [4.78, 5) is 24.8. The number of hydrogen-bond donors (Lipinski definition) is 0. The molecule has 27 heavy (non-hydrogen) atoms. The normalized spacial score (nSPS) is 19.3. The maximum Gasteiger partial charge on any atom is 0.359 e. The molecule has 0 bridgehead atoms. The Morgan fingerprint density at radius 3 is 2.37 bits per heavy atom. The number of carbonyl (C=O) groups is 2. The molecule has 2 aromatic carbocycles. The number of benzene rings is 2. The maximum absolute atomic E-state index is 12.7. The van der Waals surface area contributed by atoms with Crippen molar-refractivity contribution in [1.82, 2.24) is 0 Å². The Morgan fingerprint density at radius 2 is 1.70 bits per heavy atom. The third-order valence-corrected chi connectivity index (χ3v) is 4.12. The van der Waals surface area contributed by atoms with Crippen LogP contribution < -0.4 is 0 Å². The lowest BCUT2D eigenvalue weighted by Gasteiger charge is -2.25. The molecule has 1 heterocycles. The molecule has 3 rings (SSSR count). The molecule has 0 radical (unpaired) electrons. The van der Waals surface area contributed by atoms with E-state index < -0.39 is 17.5 Å². The van der Waals surface area contributed by atoms with E-state index in [2.05, 4.69) is 0 Å². The van der Waals surface area contributed by atoms with Crippen LogP contribution in [0, 0.1) is 0 Å². The molecule has 2 aromatic rings. The fraction of sp³-hybridized carbons (Fsp3) is 0.130. The van der Waals surface area contributed by atoms with E-state index in [1.165, 1.54) is 6.08 Å². The molecule has 0 fully saturated rings. The van der Waals surface area contributed by atoms with Gasteiger partial charge < -0.3 is 9.47 Å². The molecule has 0 saturated heterocycles. The lowest BCUT2D eigenvalue weighted by molar-refractivity contribution is -0.165.